The van der Waals surface area contributed by atoms with Gasteiger partial charge in [0.25, 0.3) is 0 Å². The number of halogens is 2. The van der Waals surface area contributed by atoms with Gasteiger partial charge in [-0.05, 0) is 30.2 Å². The highest BCUT2D eigenvalue weighted by Crippen LogP contribution is 2.22. The molecule has 0 radical (unpaired) electrons. The maximum absolute atomic E-state index is 6.02. The average molecular weight is 354 g/mol. The first kappa shape index (κ1) is 13.6. The van der Waals surface area contributed by atoms with Gasteiger partial charge in [-0.25, -0.2) is 4.98 Å². The molecule has 6 heteroatoms. The van der Waals surface area contributed by atoms with E-state index in [-0.39, 0.29) is 0 Å². The highest BCUT2D eigenvalue weighted by atomic mass is 79.9. The molecule has 0 aliphatic heterocycles. The lowest BCUT2D eigenvalue weighted by Gasteiger charge is -2.06. The van der Waals surface area contributed by atoms with E-state index in [1.807, 2.05) is 36.3 Å². The molecule has 3 rings (SSSR count). The van der Waals surface area contributed by atoms with Crippen LogP contribution >= 0.6 is 27.5 Å². The second-order valence-electron chi connectivity index (χ2n) is 4.72. The molecule has 3 aromatic rings. The van der Waals surface area contributed by atoms with Gasteiger partial charge in [0.1, 0.15) is 5.82 Å². The number of nitrogens with zero attached hydrogens (tertiary/aromatic N) is 4. The van der Waals surface area contributed by atoms with Gasteiger partial charge in [-0.1, -0.05) is 15.9 Å². The number of aryl methyl sites for hydroxylation is 3. The summed E-state index contributed by atoms with van der Waals surface area (Å²) in [7, 11) is 1.93. The number of hydrogen-bond donors (Lipinski definition) is 0. The van der Waals surface area contributed by atoms with Gasteiger partial charge in [0, 0.05) is 24.3 Å². The predicted octanol–water partition coefficient (Wildman–Crippen LogP) is 3.51. The molecular formula is C14H14BrClN4. The van der Waals surface area contributed by atoms with Crippen molar-refractivity contribution in [3.8, 4) is 0 Å². The monoisotopic (exact) mass is 352 g/mol. The van der Waals surface area contributed by atoms with Crippen molar-refractivity contribution in [2.75, 3.05) is 0 Å². The predicted molar refractivity (Wildman–Crippen MR) is 83.9 cm³/mol. The second kappa shape index (κ2) is 5.58. The van der Waals surface area contributed by atoms with Gasteiger partial charge in [-0.2, -0.15) is 5.10 Å². The molecule has 0 aliphatic rings. The minimum Gasteiger partial charge on any atom is -0.327 e. The molecule has 1 aromatic carbocycles. The van der Waals surface area contributed by atoms with Crippen molar-refractivity contribution in [3.63, 3.8) is 0 Å². The van der Waals surface area contributed by atoms with Crippen molar-refractivity contribution in [2.24, 2.45) is 7.05 Å². The quantitative estimate of drug-likeness (QED) is 0.673. The van der Waals surface area contributed by atoms with Gasteiger partial charge in [0.05, 0.1) is 23.1 Å². The Morgan fingerprint density at radius 1 is 1.35 bits per heavy atom. The number of imidazole rings is 1. The van der Waals surface area contributed by atoms with Gasteiger partial charge < -0.3 is 4.57 Å². The van der Waals surface area contributed by atoms with Crippen molar-refractivity contribution in [2.45, 2.75) is 18.8 Å². The van der Waals surface area contributed by atoms with E-state index in [2.05, 4.69) is 36.6 Å². The molecule has 4 nitrogen and oxygen atoms in total. The van der Waals surface area contributed by atoms with E-state index in [0.29, 0.717) is 5.88 Å². The summed E-state index contributed by atoms with van der Waals surface area (Å²) in [6, 6.07) is 6.09. The molecule has 0 N–H and O–H groups in total. The Morgan fingerprint density at radius 2 is 2.20 bits per heavy atom. The summed E-state index contributed by atoms with van der Waals surface area (Å²) < 4.78 is 5.05. The number of aromatic nitrogens is 4. The molecule has 0 atom stereocenters. The zero-order valence-electron chi connectivity index (χ0n) is 11.1. The second-order valence-corrected chi connectivity index (χ2v) is 5.90. The molecule has 0 spiro atoms. The Labute approximate surface area is 130 Å². The topological polar surface area (TPSA) is 35.6 Å². The summed E-state index contributed by atoms with van der Waals surface area (Å²) in [5.74, 6) is 1.32. The molecule has 104 valence electrons. The van der Waals surface area contributed by atoms with Crippen LogP contribution in [0.2, 0.25) is 0 Å². The molecule has 0 fully saturated rings. The van der Waals surface area contributed by atoms with E-state index >= 15 is 0 Å². The number of fused-ring (bicyclic) bond motifs is 1. The molecule has 0 amide bonds. The van der Waals surface area contributed by atoms with Gasteiger partial charge >= 0.3 is 0 Å². The lowest BCUT2D eigenvalue weighted by Crippen LogP contribution is -2.04. The number of rotatable bonds is 4. The summed E-state index contributed by atoms with van der Waals surface area (Å²) in [5, 5.41) is 4.19. The average Bonchev–Trinajstić information content (AvgIpc) is 2.99. The molecule has 0 saturated heterocycles. The standard InChI is InChI=1S/C14H14BrClN4/c1-19-9-10(8-17-19)4-5-20-13-6-11(15)2-3-12(13)18-14(20)7-16/h2-3,6,8-9H,4-5,7H2,1H3. The first-order valence-electron chi connectivity index (χ1n) is 6.35. The minimum absolute atomic E-state index is 0.416. The largest absolute Gasteiger partial charge is 0.327 e. The first-order chi connectivity index (χ1) is 9.67. The highest BCUT2D eigenvalue weighted by Gasteiger charge is 2.10. The van der Waals surface area contributed by atoms with Crippen LogP contribution in [0.1, 0.15) is 11.4 Å². The van der Waals surface area contributed by atoms with Gasteiger partial charge in [-0.3, -0.25) is 4.68 Å². The molecule has 0 saturated carbocycles. The van der Waals surface area contributed by atoms with E-state index in [1.165, 1.54) is 5.56 Å². The normalized spacial score (nSPS) is 11.3. The Kier molecular flexibility index (Phi) is 3.81. The molecular weight excluding hydrogens is 340 g/mol. The van der Waals surface area contributed by atoms with Crippen molar-refractivity contribution in [3.05, 3.63) is 46.5 Å². The lowest BCUT2D eigenvalue weighted by atomic mass is 10.2. The third-order valence-corrected chi connectivity index (χ3v) is 4.02. The molecule has 0 aliphatic carbocycles. The number of alkyl halides is 1. The van der Waals surface area contributed by atoms with Crippen molar-refractivity contribution in [1.29, 1.82) is 0 Å². The van der Waals surface area contributed by atoms with Crippen LogP contribution in [0.25, 0.3) is 11.0 Å². The van der Waals surface area contributed by atoms with Crippen LogP contribution < -0.4 is 0 Å². The fourth-order valence-corrected chi connectivity index (χ4v) is 2.89. The Balaban J connectivity index is 1.94. The molecule has 0 bridgehead atoms. The molecule has 2 aromatic heterocycles. The maximum atomic E-state index is 6.02. The number of benzene rings is 1. The summed E-state index contributed by atoms with van der Waals surface area (Å²) >= 11 is 9.53. The van der Waals surface area contributed by atoms with Crippen LogP contribution in [0.3, 0.4) is 0 Å². The first-order valence-corrected chi connectivity index (χ1v) is 7.68. The molecule has 0 unspecified atom stereocenters. The van der Waals surface area contributed by atoms with Crippen molar-refractivity contribution >= 4 is 38.6 Å². The summed E-state index contributed by atoms with van der Waals surface area (Å²) in [6.07, 6.45) is 4.85. The van der Waals surface area contributed by atoms with Gasteiger partial charge in [0.15, 0.2) is 0 Å². The van der Waals surface area contributed by atoms with Crippen LogP contribution in [0.15, 0.2) is 35.1 Å². The van der Waals surface area contributed by atoms with Crippen molar-refractivity contribution < 1.29 is 0 Å². The highest BCUT2D eigenvalue weighted by molar-refractivity contribution is 9.10. The van der Waals surface area contributed by atoms with Crippen LogP contribution in [0, 0.1) is 0 Å². The summed E-state index contributed by atoms with van der Waals surface area (Å²) in [6.45, 7) is 0.848. The van der Waals surface area contributed by atoms with E-state index in [1.54, 1.807) is 0 Å². The minimum atomic E-state index is 0.416. The van der Waals surface area contributed by atoms with Crippen LogP contribution in [-0.2, 0) is 25.9 Å². The SMILES string of the molecule is Cn1cc(CCn2c(CCl)nc3ccc(Br)cc32)cn1. The van der Waals surface area contributed by atoms with Gasteiger partial charge in [-0.15, -0.1) is 11.6 Å². The van der Waals surface area contributed by atoms with Crippen LogP contribution in [-0.4, -0.2) is 19.3 Å². The van der Waals surface area contributed by atoms with E-state index in [9.17, 15) is 0 Å². The lowest BCUT2D eigenvalue weighted by molar-refractivity contribution is 0.687. The summed E-state index contributed by atoms with van der Waals surface area (Å²) in [4.78, 5) is 4.58. The van der Waals surface area contributed by atoms with E-state index in [4.69, 9.17) is 11.6 Å². The third kappa shape index (κ3) is 2.60. The van der Waals surface area contributed by atoms with E-state index < -0.39 is 0 Å². The Hall–Kier alpha value is -1.33. The van der Waals surface area contributed by atoms with Crippen molar-refractivity contribution in [1.82, 2.24) is 19.3 Å². The Bertz CT molecular complexity index is 747. The van der Waals surface area contributed by atoms with E-state index in [0.717, 1.165) is 34.3 Å². The molecule has 2 heterocycles. The zero-order valence-corrected chi connectivity index (χ0v) is 13.4. The third-order valence-electron chi connectivity index (χ3n) is 3.29. The number of hydrogen-bond acceptors (Lipinski definition) is 2. The summed E-state index contributed by atoms with van der Waals surface area (Å²) in [5.41, 5.74) is 3.30. The fraction of sp³-hybridized carbons (Fsp3) is 0.286. The fourth-order valence-electron chi connectivity index (χ4n) is 2.34. The van der Waals surface area contributed by atoms with Gasteiger partial charge in [0.2, 0.25) is 0 Å². The Morgan fingerprint density at radius 3 is 2.90 bits per heavy atom. The molecule has 20 heavy (non-hydrogen) atoms. The smallest absolute Gasteiger partial charge is 0.124 e. The van der Waals surface area contributed by atoms with Crippen LogP contribution in [0.5, 0.6) is 0 Å². The van der Waals surface area contributed by atoms with Crippen LogP contribution in [0.4, 0.5) is 0 Å². The maximum Gasteiger partial charge on any atom is 0.124 e. The zero-order chi connectivity index (χ0) is 14.1.